The Kier molecular flexibility index (Phi) is 4.27. The quantitative estimate of drug-likeness (QED) is 0.663. The number of H-pyrrole nitrogens is 1. The Balaban J connectivity index is 1.82. The van der Waals surface area contributed by atoms with E-state index in [1.54, 1.807) is 36.4 Å². The van der Waals surface area contributed by atoms with Gasteiger partial charge in [-0.1, -0.05) is 17.7 Å². The van der Waals surface area contributed by atoms with Gasteiger partial charge >= 0.3 is 0 Å². The van der Waals surface area contributed by atoms with E-state index >= 15 is 0 Å². The zero-order valence-electron chi connectivity index (χ0n) is 13.2. The number of fused-ring (bicyclic) bond motifs is 1. The summed E-state index contributed by atoms with van der Waals surface area (Å²) in [6, 6.07) is 12.4. The SMILES string of the molecule is CC(=O)Nc1ccc(NC(=O)c2[nH]c3cc(Cl)ccc3c2C)cc1. The Morgan fingerprint density at radius 1 is 1.00 bits per heavy atom. The third kappa shape index (κ3) is 3.26. The van der Waals surface area contributed by atoms with E-state index in [1.807, 2.05) is 13.0 Å². The average molecular weight is 342 g/mol. The summed E-state index contributed by atoms with van der Waals surface area (Å²) in [6.07, 6.45) is 0. The van der Waals surface area contributed by atoms with Crippen molar-refractivity contribution in [2.75, 3.05) is 10.6 Å². The molecule has 0 radical (unpaired) electrons. The lowest BCUT2D eigenvalue weighted by Gasteiger charge is -2.06. The second-order valence-electron chi connectivity index (χ2n) is 5.53. The van der Waals surface area contributed by atoms with Crippen LogP contribution >= 0.6 is 11.6 Å². The van der Waals surface area contributed by atoms with Crippen LogP contribution in [0, 0.1) is 6.92 Å². The first-order valence-corrected chi connectivity index (χ1v) is 7.78. The summed E-state index contributed by atoms with van der Waals surface area (Å²) >= 11 is 5.99. The van der Waals surface area contributed by atoms with Crippen molar-refractivity contribution in [1.29, 1.82) is 0 Å². The number of amides is 2. The van der Waals surface area contributed by atoms with Gasteiger partial charge in [0.1, 0.15) is 5.69 Å². The third-order valence-corrected chi connectivity index (χ3v) is 3.95. The van der Waals surface area contributed by atoms with Crippen molar-refractivity contribution in [3.05, 3.63) is 58.7 Å². The highest BCUT2D eigenvalue weighted by Gasteiger charge is 2.15. The number of halogens is 1. The number of aryl methyl sites for hydroxylation is 1. The Morgan fingerprint density at radius 2 is 1.62 bits per heavy atom. The fraction of sp³-hybridized carbons (Fsp3) is 0.111. The van der Waals surface area contributed by atoms with Gasteiger partial charge in [0, 0.05) is 34.2 Å². The Hall–Kier alpha value is -2.79. The van der Waals surface area contributed by atoms with Gasteiger partial charge in [-0.05, 0) is 48.9 Å². The highest BCUT2D eigenvalue weighted by molar-refractivity contribution is 6.31. The normalized spacial score (nSPS) is 10.6. The molecule has 0 aliphatic rings. The molecule has 0 unspecified atom stereocenters. The maximum atomic E-state index is 12.5. The van der Waals surface area contributed by atoms with Gasteiger partial charge in [0.15, 0.2) is 0 Å². The highest BCUT2D eigenvalue weighted by Crippen LogP contribution is 2.25. The summed E-state index contributed by atoms with van der Waals surface area (Å²) in [5.74, 6) is -0.369. The molecule has 0 saturated carbocycles. The van der Waals surface area contributed by atoms with Crippen LogP contribution in [0.25, 0.3) is 10.9 Å². The summed E-state index contributed by atoms with van der Waals surface area (Å²) < 4.78 is 0. The van der Waals surface area contributed by atoms with Gasteiger partial charge in [-0.25, -0.2) is 0 Å². The molecule has 1 aromatic heterocycles. The summed E-state index contributed by atoms with van der Waals surface area (Å²) in [5, 5.41) is 7.10. The number of hydrogen-bond acceptors (Lipinski definition) is 2. The highest BCUT2D eigenvalue weighted by atomic mass is 35.5. The molecule has 6 heteroatoms. The number of hydrogen-bond donors (Lipinski definition) is 3. The van der Waals surface area contributed by atoms with Crippen molar-refractivity contribution in [2.24, 2.45) is 0 Å². The first-order chi connectivity index (χ1) is 11.4. The lowest BCUT2D eigenvalue weighted by molar-refractivity contribution is -0.114. The Labute approximate surface area is 144 Å². The second kappa shape index (κ2) is 6.37. The van der Waals surface area contributed by atoms with Gasteiger partial charge in [0.05, 0.1) is 0 Å². The van der Waals surface area contributed by atoms with Crippen LogP contribution in [-0.4, -0.2) is 16.8 Å². The van der Waals surface area contributed by atoms with Gasteiger partial charge in [0.2, 0.25) is 5.91 Å². The molecule has 24 heavy (non-hydrogen) atoms. The van der Waals surface area contributed by atoms with Gasteiger partial charge in [-0.2, -0.15) is 0 Å². The van der Waals surface area contributed by atoms with Gasteiger partial charge in [-0.15, -0.1) is 0 Å². The number of benzene rings is 2. The molecule has 3 rings (SSSR count). The van der Waals surface area contributed by atoms with E-state index in [2.05, 4.69) is 15.6 Å². The largest absolute Gasteiger partial charge is 0.350 e. The van der Waals surface area contributed by atoms with Crippen LogP contribution in [0.1, 0.15) is 23.0 Å². The van der Waals surface area contributed by atoms with Crippen molar-refractivity contribution in [1.82, 2.24) is 4.98 Å². The van der Waals surface area contributed by atoms with Crippen molar-refractivity contribution in [2.45, 2.75) is 13.8 Å². The standard InChI is InChI=1S/C18H16ClN3O2/c1-10-15-8-3-12(19)9-16(15)22-17(10)18(24)21-14-6-4-13(5-7-14)20-11(2)23/h3-9,22H,1-2H3,(H,20,23)(H,21,24). The zero-order valence-corrected chi connectivity index (χ0v) is 14.0. The van der Waals surface area contributed by atoms with Crippen molar-refractivity contribution in [3.63, 3.8) is 0 Å². The first-order valence-electron chi connectivity index (χ1n) is 7.41. The van der Waals surface area contributed by atoms with E-state index in [1.165, 1.54) is 6.92 Å². The van der Waals surface area contributed by atoms with Crippen molar-refractivity contribution >= 4 is 45.7 Å². The van der Waals surface area contributed by atoms with Crippen LogP contribution in [0.5, 0.6) is 0 Å². The maximum Gasteiger partial charge on any atom is 0.272 e. The van der Waals surface area contributed by atoms with E-state index in [0.29, 0.717) is 22.1 Å². The predicted molar refractivity (Wildman–Crippen MR) is 96.7 cm³/mol. The number of carbonyl (C=O) groups is 2. The molecule has 0 saturated heterocycles. The predicted octanol–water partition coefficient (Wildman–Crippen LogP) is 4.34. The third-order valence-electron chi connectivity index (χ3n) is 3.71. The van der Waals surface area contributed by atoms with E-state index in [9.17, 15) is 9.59 Å². The summed E-state index contributed by atoms with van der Waals surface area (Å²) in [4.78, 5) is 26.6. The lowest BCUT2D eigenvalue weighted by Crippen LogP contribution is -2.13. The van der Waals surface area contributed by atoms with Crippen LogP contribution in [-0.2, 0) is 4.79 Å². The molecule has 0 bridgehead atoms. The van der Waals surface area contributed by atoms with Crippen LogP contribution < -0.4 is 10.6 Å². The number of nitrogens with one attached hydrogen (secondary N) is 3. The number of carbonyl (C=O) groups excluding carboxylic acids is 2. The summed E-state index contributed by atoms with van der Waals surface area (Å²) in [5.41, 5.74) is 3.51. The lowest BCUT2D eigenvalue weighted by atomic mass is 10.1. The topological polar surface area (TPSA) is 74.0 Å². The molecular weight excluding hydrogens is 326 g/mol. The van der Waals surface area contributed by atoms with Crippen LogP contribution in [0.2, 0.25) is 5.02 Å². The van der Waals surface area contributed by atoms with Crippen LogP contribution in [0.3, 0.4) is 0 Å². The molecule has 0 aliphatic carbocycles. The van der Waals surface area contributed by atoms with Gasteiger partial charge in [0.25, 0.3) is 5.91 Å². The molecule has 5 nitrogen and oxygen atoms in total. The minimum atomic E-state index is -0.230. The molecule has 3 aromatic rings. The van der Waals surface area contributed by atoms with Crippen molar-refractivity contribution in [3.8, 4) is 0 Å². The minimum Gasteiger partial charge on any atom is -0.350 e. The molecule has 0 aliphatic heterocycles. The van der Waals surface area contributed by atoms with Gasteiger partial charge < -0.3 is 15.6 Å². The van der Waals surface area contributed by atoms with E-state index in [4.69, 9.17) is 11.6 Å². The van der Waals surface area contributed by atoms with Crippen LogP contribution in [0.15, 0.2) is 42.5 Å². The molecular formula is C18H16ClN3O2. The summed E-state index contributed by atoms with van der Waals surface area (Å²) in [6.45, 7) is 3.34. The Morgan fingerprint density at radius 3 is 2.25 bits per heavy atom. The zero-order chi connectivity index (χ0) is 17.3. The number of rotatable bonds is 3. The molecule has 0 fully saturated rings. The number of aromatic amines is 1. The van der Waals surface area contributed by atoms with Gasteiger partial charge in [-0.3, -0.25) is 9.59 Å². The molecule has 0 atom stereocenters. The molecule has 2 amide bonds. The van der Waals surface area contributed by atoms with E-state index < -0.39 is 0 Å². The Bertz CT molecular complexity index is 929. The van der Waals surface area contributed by atoms with E-state index in [-0.39, 0.29) is 11.8 Å². The van der Waals surface area contributed by atoms with Crippen molar-refractivity contribution < 1.29 is 9.59 Å². The minimum absolute atomic E-state index is 0.140. The molecule has 3 N–H and O–H groups in total. The number of anilines is 2. The smallest absolute Gasteiger partial charge is 0.272 e. The second-order valence-corrected chi connectivity index (χ2v) is 5.96. The monoisotopic (exact) mass is 341 g/mol. The molecule has 0 spiro atoms. The maximum absolute atomic E-state index is 12.5. The fourth-order valence-corrected chi connectivity index (χ4v) is 2.74. The number of aromatic nitrogens is 1. The first kappa shape index (κ1) is 16.1. The molecule has 122 valence electrons. The van der Waals surface area contributed by atoms with E-state index in [0.717, 1.165) is 16.5 Å². The fourth-order valence-electron chi connectivity index (χ4n) is 2.57. The van der Waals surface area contributed by atoms with Crippen LogP contribution in [0.4, 0.5) is 11.4 Å². The molecule has 2 aromatic carbocycles. The summed E-state index contributed by atoms with van der Waals surface area (Å²) in [7, 11) is 0. The molecule has 1 heterocycles. The average Bonchev–Trinajstić information content (AvgIpc) is 2.85.